The minimum atomic E-state index is 0.140. The minimum absolute atomic E-state index is 0.140. The first-order chi connectivity index (χ1) is 11.7. The summed E-state index contributed by atoms with van der Waals surface area (Å²) in [6, 6.07) is 7.22. The van der Waals surface area contributed by atoms with Gasteiger partial charge < -0.3 is 24.3 Å². The second kappa shape index (κ2) is 8.73. The second-order valence-electron chi connectivity index (χ2n) is 4.73. The van der Waals surface area contributed by atoms with Crippen LogP contribution >= 0.6 is 0 Å². The van der Waals surface area contributed by atoms with Crippen LogP contribution in [0.15, 0.2) is 36.9 Å². The summed E-state index contributed by atoms with van der Waals surface area (Å²) in [4.78, 5) is 8.34. The zero-order valence-electron chi connectivity index (χ0n) is 14.0. The van der Waals surface area contributed by atoms with Gasteiger partial charge in [0.1, 0.15) is 11.5 Å². The number of aromatic nitrogens is 2. The van der Waals surface area contributed by atoms with E-state index in [-0.39, 0.29) is 6.01 Å². The molecule has 2 rings (SSSR count). The molecule has 1 heterocycles. The molecule has 7 heteroatoms. The monoisotopic (exact) mass is 331 g/mol. The molecule has 0 spiro atoms. The molecule has 0 fully saturated rings. The van der Waals surface area contributed by atoms with E-state index in [0.29, 0.717) is 30.6 Å². The lowest BCUT2D eigenvalue weighted by Crippen LogP contribution is -2.13. The number of nitrogens with one attached hydrogen (secondary N) is 1. The van der Waals surface area contributed by atoms with Gasteiger partial charge in [-0.3, -0.25) is 0 Å². The molecule has 0 radical (unpaired) electrons. The van der Waals surface area contributed by atoms with Crippen molar-refractivity contribution >= 4 is 0 Å². The molecule has 1 N–H and O–H groups in total. The van der Waals surface area contributed by atoms with E-state index in [4.69, 9.17) is 18.9 Å². The van der Waals surface area contributed by atoms with Crippen molar-refractivity contribution in [1.29, 1.82) is 0 Å². The number of nitrogens with zero attached hydrogens (tertiary/aromatic N) is 2. The van der Waals surface area contributed by atoms with Crippen molar-refractivity contribution in [2.75, 3.05) is 27.9 Å². The molecule has 128 valence electrons. The Morgan fingerprint density at radius 3 is 2.33 bits per heavy atom. The van der Waals surface area contributed by atoms with Crippen LogP contribution in [0.2, 0.25) is 0 Å². The first-order valence-electron chi connectivity index (χ1n) is 7.33. The van der Waals surface area contributed by atoms with E-state index in [9.17, 15) is 0 Å². The Bertz CT molecular complexity index is 669. The molecule has 0 amide bonds. The van der Waals surface area contributed by atoms with Crippen molar-refractivity contribution in [3.05, 3.63) is 42.5 Å². The molecular weight excluding hydrogens is 310 g/mol. The van der Waals surface area contributed by atoms with Crippen LogP contribution in [0.4, 0.5) is 0 Å². The Morgan fingerprint density at radius 2 is 1.75 bits per heavy atom. The Balaban J connectivity index is 2.28. The van der Waals surface area contributed by atoms with Gasteiger partial charge in [-0.05, 0) is 18.2 Å². The highest BCUT2D eigenvalue weighted by Crippen LogP contribution is 2.29. The van der Waals surface area contributed by atoms with Crippen molar-refractivity contribution < 1.29 is 18.9 Å². The maximum Gasteiger partial charge on any atom is 0.328 e. The molecule has 0 unspecified atom stereocenters. The highest BCUT2D eigenvalue weighted by Gasteiger charge is 2.11. The summed E-state index contributed by atoms with van der Waals surface area (Å²) in [6.45, 7) is 4.95. The van der Waals surface area contributed by atoms with Crippen LogP contribution in [-0.2, 0) is 6.54 Å². The van der Waals surface area contributed by atoms with Crippen LogP contribution in [0.3, 0.4) is 0 Å². The Kier molecular flexibility index (Phi) is 6.39. The van der Waals surface area contributed by atoms with Gasteiger partial charge in [0.25, 0.3) is 0 Å². The normalized spacial score (nSPS) is 10.1. The van der Waals surface area contributed by atoms with Crippen LogP contribution in [0.25, 0.3) is 0 Å². The molecule has 1 aromatic heterocycles. The van der Waals surface area contributed by atoms with Crippen LogP contribution in [0.5, 0.6) is 29.3 Å². The van der Waals surface area contributed by atoms with E-state index in [0.717, 1.165) is 11.3 Å². The molecule has 0 aliphatic heterocycles. The summed E-state index contributed by atoms with van der Waals surface area (Å²) in [5.41, 5.74) is 0.904. The molecule has 0 saturated heterocycles. The lowest BCUT2D eigenvalue weighted by Gasteiger charge is -2.13. The average molecular weight is 331 g/mol. The number of rotatable bonds is 9. The third-order valence-corrected chi connectivity index (χ3v) is 3.15. The molecule has 1 aromatic carbocycles. The van der Waals surface area contributed by atoms with Gasteiger partial charge in [-0.1, -0.05) is 6.08 Å². The Morgan fingerprint density at radius 1 is 1.04 bits per heavy atom. The largest absolute Gasteiger partial charge is 0.497 e. The van der Waals surface area contributed by atoms with Crippen molar-refractivity contribution in [2.45, 2.75) is 6.54 Å². The summed E-state index contributed by atoms with van der Waals surface area (Å²) in [5, 5.41) is 3.23. The van der Waals surface area contributed by atoms with Crippen LogP contribution in [-0.4, -0.2) is 37.8 Å². The van der Waals surface area contributed by atoms with E-state index >= 15 is 0 Å². The molecule has 0 aliphatic rings. The van der Waals surface area contributed by atoms with E-state index in [2.05, 4.69) is 21.9 Å². The lowest BCUT2D eigenvalue weighted by atomic mass is 10.2. The quantitative estimate of drug-likeness (QED) is 0.559. The van der Waals surface area contributed by atoms with Crippen molar-refractivity contribution in [3.8, 4) is 29.3 Å². The maximum absolute atomic E-state index is 5.82. The second-order valence-corrected chi connectivity index (χ2v) is 4.73. The molecule has 2 aromatic rings. The number of hydrogen-bond acceptors (Lipinski definition) is 7. The highest BCUT2D eigenvalue weighted by molar-refractivity contribution is 5.41. The third kappa shape index (κ3) is 4.60. The number of hydrogen-bond donors (Lipinski definition) is 1. The molecule has 0 saturated carbocycles. The summed E-state index contributed by atoms with van der Waals surface area (Å²) in [6.07, 6.45) is 1.79. The standard InChI is InChI=1S/C17H21N3O4/c1-5-8-18-11-12-9-13(21-2)6-7-14(12)24-17-19-15(22-3)10-16(20-17)23-4/h5-7,9-10,18H,1,8,11H2,2-4H3. The number of methoxy groups -OCH3 is 3. The van der Waals surface area contributed by atoms with Gasteiger partial charge in [-0.15, -0.1) is 6.58 Å². The van der Waals surface area contributed by atoms with E-state index in [1.807, 2.05) is 12.1 Å². The smallest absolute Gasteiger partial charge is 0.328 e. The first-order valence-corrected chi connectivity index (χ1v) is 7.33. The minimum Gasteiger partial charge on any atom is -0.497 e. The fourth-order valence-electron chi connectivity index (χ4n) is 1.97. The van der Waals surface area contributed by atoms with E-state index in [1.165, 1.54) is 14.2 Å². The predicted molar refractivity (Wildman–Crippen MR) is 90.1 cm³/mol. The van der Waals surface area contributed by atoms with Crippen LogP contribution in [0, 0.1) is 0 Å². The van der Waals surface area contributed by atoms with Gasteiger partial charge in [0.05, 0.1) is 27.4 Å². The molecule has 0 aliphatic carbocycles. The lowest BCUT2D eigenvalue weighted by molar-refractivity contribution is 0.346. The van der Waals surface area contributed by atoms with Gasteiger partial charge in [-0.25, -0.2) is 0 Å². The molecular formula is C17H21N3O4. The average Bonchev–Trinajstić information content (AvgIpc) is 2.62. The summed E-state index contributed by atoms with van der Waals surface area (Å²) < 4.78 is 21.3. The van der Waals surface area contributed by atoms with Gasteiger partial charge in [0.2, 0.25) is 11.8 Å². The predicted octanol–water partition coefficient (Wildman–Crippen LogP) is 2.57. The zero-order valence-corrected chi connectivity index (χ0v) is 14.0. The number of benzene rings is 1. The molecule has 24 heavy (non-hydrogen) atoms. The van der Waals surface area contributed by atoms with Crippen molar-refractivity contribution in [1.82, 2.24) is 15.3 Å². The Hall–Kier alpha value is -2.80. The summed E-state index contributed by atoms with van der Waals surface area (Å²) >= 11 is 0. The van der Waals surface area contributed by atoms with Gasteiger partial charge in [-0.2, -0.15) is 9.97 Å². The Labute approximate surface area is 141 Å². The van der Waals surface area contributed by atoms with Crippen LogP contribution < -0.4 is 24.3 Å². The first kappa shape index (κ1) is 17.6. The highest BCUT2D eigenvalue weighted by atomic mass is 16.5. The van der Waals surface area contributed by atoms with Crippen molar-refractivity contribution in [2.24, 2.45) is 0 Å². The third-order valence-electron chi connectivity index (χ3n) is 3.15. The zero-order chi connectivity index (χ0) is 17.4. The van der Waals surface area contributed by atoms with E-state index < -0.39 is 0 Å². The number of ether oxygens (including phenoxy) is 4. The molecule has 0 atom stereocenters. The van der Waals surface area contributed by atoms with E-state index in [1.54, 1.807) is 25.3 Å². The fraction of sp³-hybridized carbons (Fsp3) is 0.294. The fourth-order valence-corrected chi connectivity index (χ4v) is 1.97. The van der Waals surface area contributed by atoms with Crippen LogP contribution in [0.1, 0.15) is 5.56 Å². The SMILES string of the molecule is C=CCNCc1cc(OC)ccc1Oc1nc(OC)cc(OC)n1. The summed E-state index contributed by atoms with van der Waals surface area (Å²) in [5.74, 6) is 2.07. The molecule has 7 nitrogen and oxygen atoms in total. The molecule has 0 bridgehead atoms. The topological polar surface area (TPSA) is 74.7 Å². The maximum atomic E-state index is 5.82. The van der Waals surface area contributed by atoms with Gasteiger partial charge in [0, 0.05) is 18.7 Å². The van der Waals surface area contributed by atoms with Crippen molar-refractivity contribution in [3.63, 3.8) is 0 Å². The van der Waals surface area contributed by atoms with Gasteiger partial charge >= 0.3 is 6.01 Å². The summed E-state index contributed by atoms with van der Waals surface area (Å²) in [7, 11) is 4.65. The van der Waals surface area contributed by atoms with Gasteiger partial charge in [0.15, 0.2) is 0 Å².